The molecular formula is C17H15Cl2N3. The van der Waals surface area contributed by atoms with Gasteiger partial charge >= 0.3 is 0 Å². The van der Waals surface area contributed by atoms with E-state index in [1.807, 2.05) is 78.3 Å². The Hall–Kier alpha value is -1.97. The van der Waals surface area contributed by atoms with Crippen molar-refractivity contribution >= 4 is 29.2 Å². The van der Waals surface area contributed by atoms with Crippen LogP contribution in [-0.4, -0.2) is 23.6 Å². The van der Waals surface area contributed by atoms with E-state index in [0.29, 0.717) is 10.0 Å². The molecule has 1 heterocycles. The van der Waals surface area contributed by atoms with Crippen LogP contribution in [0.15, 0.2) is 54.7 Å². The molecule has 0 aliphatic rings. The van der Waals surface area contributed by atoms with E-state index in [9.17, 15) is 0 Å². The minimum Gasteiger partial charge on any atom is -0.348 e. The molecule has 1 aromatic heterocycles. The second-order valence-electron chi connectivity index (χ2n) is 5.17. The van der Waals surface area contributed by atoms with Crippen LogP contribution in [0, 0.1) is 0 Å². The quantitative estimate of drug-likeness (QED) is 0.679. The zero-order chi connectivity index (χ0) is 15.7. The van der Waals surface area contributed by atoms with Crippen LogP contribution < -0.4 is 4.90 Å². The summed E-state index contributed by atoms with van der Waals surface area (Å²) in [4.78, 5) is 6.70. The highest BCUT2D eigenvalue weighted by Crippen LogP contribution is 2.27. The third-order valence-electron chi connectivity index (χ3n) is 3.33. The van der Waals surface area contributed by atoms with Gasteiger partial charge in [-0.15, -0.1) is 0 Å². The van der Waals surface area contributed by atoms with Crippen molar-refractivity contribution in [2.75, 3.05) is 19.0 Å². The molecule has 0 saturated carbocycles. The Bertz CT molecular complexity index is 775. The maximum absolute atomic E-state index is 5.97. The third-order valence-corrected chi connectivity index (χ3v) is 3.84. The lowest BCUT2D eigenvalue weighted by molar-refractivity contribution is 0.954. The molecule has 3 nitrogen and oxygen atoms in total. The van der Waals surface area contributed by atoms with Gasteiger partial charge in [0.2, 0.25) is 5.95 Å². The fourth-order valence-corrected chi connectivity index (χ4v) is 2.49. The van der Waals surface area contributed by atoms with Gasteiger partial charge in [0.05, 0.1) is 5.69 Å². The third kappa shape index (κ3) is 2.96. The Morgan fingerprint density at radius 2 is 1.41 bits per heavy atom. The summed E-state index contributed by atoms with van der Waals surface area (Å²) in [6, 6.07) is 15.4. The minimum atomic E-state index is 0.716. The zero-order valence-corrected chi connectivity index (χ0v) is 13.8. The van der Waals surface area contributed by atoms with Crippen LogP contribution >= 0.6 is 23.2 Å². The molecule has 3 aromatic rings. The van der Waals surface area contributed by atoms with Crippen molar-refractivity contribution < 1.29 is 0 Å². The lowest BCUT2D eigenvalue weighted by Crippen LogP contribution is -2.14. The Morgan fingerprint density at radius 1 is 0.864 bits per heavy atom. The van der Waals surface area contributed by atoms with Gasteiger partial charge in [0.1, 0.15) is 0 Å². The first-order valence-corrected chi connectivity index (χ1v) is 7.59. The van der Waals surface area contributed by atoms with E-state index in [1.54, 1.807) is 0 Å². The molecule has 0 aliphatic heterocycles. The number of imidazole rings is 1. The smallest absolute Gasteiger partial charge is 0.210 e. The van der Waals surface area contributed by atoms with Gasteiger partial charge < -0.3 is 4.90 Å². The molecule has 0 amide bonds. The lowest BCUT2D eigenvalue weighted by Gasteiger charge is -2.14. The largest absolute Gasteiger partial charge is 0.348 e. The van der Waals surface area contributed by atoms with Crippen molar-refractivity contribution in [3.63, 3.8) is 0 Å². The maximum atomic E-state index is 5.97. The van der Waals surface area contributed by atoms with Gasteiger partial charge in [-0.2, -0.15) is 0 Å². The Morgan fingerprint density at radius 3 is 1.95 bits per heavy atom. The molecule has 0 spiro atoms. The molecule has 0 aliphatic carbocycles. The zero-order valence-electron chi connectivity index (χ0n) is 12.3. The predicted octanol–water partition coefficient (Wildman–Crippen LogP) is 4.91. The monoisotopic (exact) mass is 331 g/mol. The van der Waals surface area contributed by atoms with Crippen molar-refractivity contribution in [1.82, 2.24) is 9.55 Å². The van der Waals surface area contributed by atoms with Gasteiger partial charge in [-0.05, 0) is 36.4 Å². The van der Waals surface area contributed by atoms with Crippen LogP contribution in [0.1, 0.15) is 0 Å². The van der Waals surface area contributed by atoms with E-state index in [1.165, 1.54) is 0 Å². The highest BCUT2D eigenvalue weighted by molar-refractivity contribution is 6.30. The average Bonchev–Trinajstić information content (AvgIpc) is 2.94. The molecule has 0 saturated heterocycles. The highest BCUT2D eigenvalue weighted by Gasteiger charge is 2.12. The number of halogens is 2. The molecule has 5 heteroatoms. The summed E-state index contributed by atoms with van der Waals surface area (Å²) in [5.41, 5.74) is 2.94. The Kier molecular flexibility index (Phi) is 4.10. The molecule has 0 atom stereocenters. The number of aromatic nitrogens is 2. The Balaban J connectivity index is 2.09. The molecule has 0 bridgehead atoms. The Labute approximate surface area is 139 Å². The summed E-state index contributed by atoms with van der Waals surface area (Å²) in [5, 5.41) is 1.43. The van der Waals surface area contributed by atoms with Crippen molar-refractivity contribution in [3.8, 4) is 16.9 Å². The van der Waals surface area contributed by atoms with Crippen LogP contribution in [0.3, 0.4) is 0 Å². The van der Waals surface area contributed by atoms with Gasteiger partial charge in [0.15, 0.2) is 0 Å². The maximum Gasteiger partial charge on any atom is 0.210 e. The second kappa shape index (κ2) is 6.03. The van der Waals surface area contributed by atoms with E-state index >= 15 is 0 Å². The second-order valence-corrected chi connectivity index (χ2v) is 6.05. The fourth-order valence-electron chi connectivity index (χ4n) is 2.24. The van der Waals surface area contributed by atoms with Gasteiger partial charge in [0, 0.05) is 41.6 Å². The summed E-state index contributed by atoms with van der Waals surface area (Å²) in [5.74, 6) is 0.854. The number of rotatable bonds is 3. The van der Waals surface area contributed by atoms with E-state index in [-0.39, 0.29) is 0 Å². The molecule has 22 heavy (non-hydrogen) atoms. The number of benzene rings is 2. The first-order valence-electron chi connectivity index (χ1n) is 6.83. The lowest BCUT2D eigenvalue weighted by atomic mass is 10.2. The van der Waals surface area contributed by atoms with E-state index < -0.39 is 0 Å². The van der Waals surface area contributed by atoms with Crippen molar-refractivity contribution in [3.05, 3.63) is 64.8 Å². The topological polar surface area (TPSA) is 21.1 Å². The van der Waals surface area contributed by atoms with Gasteiger partial charge in [0.25, 0.3) is 0 Å². The van der Waals surface area contributed by atoms with Gasteiger partial charge in [-0.3, -0.25) is 4.57 Å². The molecular weight excluding hydrogens is 317 g/mol. The average molecular weight is 332 g/mol. The SMILES string of the molecule is CN(C)c1nc(-c2ccc(Cl)cc2)cn1-c1ccc(Cl)cc1. The minimum absolute atomic E-state index is 0.716. The van der Waals surface area contributed by atoms with Crippen LogP contribution in [0.5, 0.6) is 0 Å². The van der Waals surface area contributed by atoms with Crippen molar-refractivity contribution in [1.29, 1.82) is 0 Å². The predicted molar refractivity (Wildman–Crippen MR) is 93.3 cm³/mol. The highest BCUT2D eigenvalue weighted by atomic mass is 35.5. The number of hydrogen-bond donors (Lipinski definition) is 0. The number of anilines is 1. The van der Waals surface area contributed by atoms with Crippen molar-refractivity contribution in [2.45, 2.75) is 0 Å². The van der Waals surface area contributed by atoms with Gasteiger partial charge in [-0.25, -0.2) is 4.98 Å². The van der Waals surface area contributed by atoms with E-state index in [4.69, 9.17) is 28.2 Å². The van der Waals surface area contributed by atoms with Crippen LogP contribution in [0.4, 0.5) is 5.95 Å². The normalized spacial score (nSPS) is 10.7. The van der Waals surface area contributed by atoms with Crippen LogP contribution in [0.25, 0.3) is 16.9 Å². The molecule has 0 fully saturated rings. The molecule has 0 unspecified atom stereocenters. The molecule has 0 radical (unpaired) electrons. The van der Waals surface area contributed by atoms with E-state index in [2.05, 4.69) is 0 Å². The summed E-state index contributed by atoms with van der Waals surface area (Å²) in [7, 11) is 3.95. The number of nitrogens with zero attached hydrogens (tertiary/aromatic N) is 3. The van der Waals surface area contributed by atoms with Crippen LogP contribution in [0.2, 0.25) is 10.0 Å². The molecule has 112 valence electrons. The first-order chi connectivity index (χ1) is 10.5. The summed E-state index contributed by atoms with van der Waals surface area (Å²) < 4.78 is 2.04. The molecule has 2 aromatic carbocycles. The summed E-state index contributed by atoms with van der Waals surface area (Å²) in [6.45, 7) is 0. The fraction of sp³-hybridized carbons (Fsp3) is 0.118. The molecule has 3 rings (SSSR count). The number of hydrogen-bond acceptors (Lipinski definition) is 2. The summed E-state index contributed by atoms with van der Waals surface area (Å²) in [6.07, 6.45) is 2.02. The van der Waals surface area contributed by atoms with Gasteiger partial charge in [-0.1, -0.05) is 35.3 Å². The summed E-state index contributed by atoms with van der Waals surface area (Å²) >= 11 is 11.9. The standard InChI is InChI=1S/C17H15Cl2N3/c1-21(2)17-20-16(12-3-5-13(18)6-4-12)11-22(17)15-9-7-14(19)8-10-15/h3-11H,1-2H3. The first kappa shape index (κ1) is 14.9. The van der Waals surface area contributed by atoms with Crippen LogP contribution in [-0.2, 0) is 0 Å². The van der Waals surface area contributed by atoms with Crippen molar-refractivity contribution in [2.24, 2.45) is 0 Å². The van der Waals surface area contributed by atoms with E-state index in [0.717, 1.165) is 22.9 Å². The molecule has 0 N–H and O–H groups in total.